The fourth-order valence-electron chi connectivity index (χ4n) is 3.62. The third-order valence-corrected chi connectivity index (χ3v) is 7.20. The van der Waals surface area contributed by atoms with Crippen LogP contribution < -0.4 is 24.8 Å². The first-order valence-corrected chi connectivity index (χ1v) is 9.12. The van der Waals surface area contributed by atoms with Crippen LogP contribution in [0.5, 0.6) is 0 Å². The molecule has 3 aliphatic rings. The van der Waals surface area contributed by atoms with Gasteiger partial charge in [0.05, 0.1) is 5.25 Å². The number of rotatable bonds is 2. The summed E-state index contributed by atoms with van der Waals surface area (Å²) in [5, 5.41) is 0.495. The predicted octanol–water partition coefficient (Wildman–Crippen LogP) is -0.280. The molecule has 0 bridgehead atoms. The Balaban J connectivity index is 0.00000104. The summed E-state index contributed by atoms with van der Waals surface area (Å²) in [5.74, 6) is 0.447. The van der Waals surface area contributed by atoms with Crippen LogP contribution in [0.3, 0.4) is 0 Å². The second-order valence-electron chi connectivity index (χ2n) is 6.09. The van der Waals surface area contributed by atoms with Crippen molar-refractivity contribution >= 4 is 15.3 Å². The first-order valence-electron chi connectivity index (χ1n) is 7.83. The van der Waals surface area contributed by atoms with Crippen molar-refractivity contribution in [3.05, 3.63) is 94.5 Å². The summed E-state index contributed by atoms with van der Waals surface area (Å²) in [6.07, 6.45) is 15.9. The van der Waals surface area contributed by atoms with Gasteiger partial charge in [-0.15, -0.1) is 10.5 Å². The van der Waals surface area contributed by atoms with E-state index < -0.39 is 0 Å². The molecular formula is C21H20Cl2SZr. The first kappa shape index (κ1) is 22.6. The molecule has 4 rings (SSSR count). The molecule has 2 atom stereocenters. The molecular weight excluding hydrogens is 446 g/mol. The standard InChI is InChI=1S/C21H20S.2ClH.Zr/c1-15(2)22-19-14-8-13-18(19)20(16-9-6-7-10-16)21(22)17-11-4-3-5-12-17;;;/h3-14,16,21H,1-2H3;2*1H;/q;;;+2/p-2. The summed E-state index contributed by atoms with van der Waals surface area (Å²) in [6.45, 7) is 4.58. The maximum atomic E-state index is 2.33. The van der Waals surface area contributed by atoms with Gasteiger partial charge < -0.3 is 24.8 Å². The van der Waals surface area contributed by atoms with Crippen LogP contribution in [0.1, 0.15) is 24.7 Å². The number of fused-ring (bicyclic) bond motifs is 1. The van der Waals surface area contributed by atoms with Crippen LogP contribution in [0.4, 0.5) is 0 Å². The zero-order valence-corrected chi connectivity index (χ0v) is 19.0. The molecule has 0 fully saturated rings. The van der Waals surface area contributed by atoms with Gasteiger partial charge in [-0.1, -0.05) is 66.8 Å². The average Bonchev–Trinajstić information content (AvgIpc) is 3.23. The monoisotopic (exact) mass is 464 g/mol. The van der Waals surface area contributed by atoms with Gasteiger partial charge in [0, 0.05) is 10.8 Å². The van der Waals surface area contributed by atoms with E-state index in [1.807, 2.05) is 0 Å². The smallest absolute Gasteiger partial charge is 1.00 e. The zero-order valence-electron chi connectivity index (χ0n) is 14.2. The second-order valence-corrected chi connectivity index (χ2v) is 8.49. The number of hydrogen-bond donors (Lipinski definition) is 0. The Morgan fingerprint density at radius 1 is 0.920 bits per heavy atom. The van der Waals surface area contributed by atoms with Gasteiger partial charge in [-0.2, -0.15) is 0 Å². The molecule has 1 heterocycles. The van der Waals surface area contributed by atoms with E-state index in [0.717, 1.165) is 0 Å². The Bertz CT molecular complexity index is 798. The summed E-state index contributed by atoms with van der Waals surface area (Å²) < 4.78 is 0. The Labute approximate surface area is 184 Å². The SMILES string of the molecule is CC(C)=S1C2=CC=CC2=C(C2C=CC=C2)C1c1ccccc1.[Cl-].[Cl-].[Zr+2]. The van der Waals surface area contributed by atoms with Crippen LogP contribution in [0.2, 0.25) is 0 Å². The summed E-state index contributed by atoms with van der Waals surface area (Å²) in [4.78, 5) is 3.07. The zero-order chi connectivity index (χ0) is 15.1. The van der Waals surface area contributed by atoms with Gasteiger partial charge in [0.2, 0.25) is 0 Å². The maximum Gasteiger partial charge on any atom is 2.00 e. The molecule has 0 N–H and O–H groups in total. The fraction of sp³-hybridized carbons (Fsp3) is 0.190. The number of allylic oxidation sites excluding steroid dienone is 8. The third kappa shape index (κ3) is 3.98. The minimum atomic E-state index is 0. The summed E-state index contributed by atoms with van der Waals surface area (Å²) in [6, 6.07) is 11.0. The van der Waals surface area contributed by atoms with E-state index in [1.165, 1.54) is 20.9 Å². The number of hydrogen-bond acceptors (Lipinski definition) is 0. The molecule has 0 nitrogen and oxygen atoms in total. The van der Waals surface area contributed by atoms with Crippen molar-refractivity contribution in [3.8, 4) is 0 Å². The van der Waals surface area contributed by atoms with E-state index in [4.69, 9.17) is 0 Å². The Kier molecular flexibility index (Phi) is 8.62. The van der Waals surface area contributed by atoms with Gasteiger partial charge in [-0.05, 0) is 41.5 Å². The summed E-state index contributed by atoms with van der Waals surface area (Å²) in [5.41, 5.74) is 4.52. The van der Waals surface area contributed by atoms with Crippen molar-refractivity contribution in [2.75, 3.05) is 0 Å². The minimum absolute atomic E-state index is 0. The van der Waals surface area contributed by atoms with Crippen LogP contribution in [-0.2, 0) is 26.2 Å². The van der Waals surface area contributed by atoms with E-state index >= 15 is 0 Å². The molecule has 2 unspecified atom stereocenters. The van der Waals surface area contributed by atoms with E-state index in [1.54, 1.807) is 5.57 Å². The van der Waals surface area contributed by atoms with E-state index in [-0.39, 0.29) is 61.5 Å². The Morgan fingerprint density at radius 2 is 1.56 bits per heavy atom. The largest absolute Gasteiger partial charge is 2.00 e. The van der Waals surface area contributed by atoms with Crippen molar-refractivity contribution in [2.24, 2.45) is 5.92 Å². The van der Waals surface area contributed by atoms with E-state index in [2.05, 4.69) is 86.7 Å². The van der Waals surface area contributed by atoms with Gasteiger partial charge in [0.15, 0.2) is 0 Å². The Hall–Kier alpha value is -0.397. The van der Waals surface area contributed by atoms with Crippen LogP contribution in [-0.4, -0.2) is 4.86 Å². The summed E-state index contributed by atoms with van der Waals surface area (Å²) in [7, 11) is 0.174. The average molecular weight is 467 g/mol. The molecule has 0 saturated heterocycles. The third-order valence-electron chi connectivity index (χ3n) is 4.49. The molecule has 2 aliphatic carbocycles. The molecule has 1 aliphatic heterocycles. The molecule has 0 saturated carbocycles. The molecule has 1 aromatic rings. The van der Waals surface area contributed by atoms with Crippen molar-refractivity contribution in [1.29, 1.82) is 0 Å². The predicted molar refractivity (Wildman–Crippen MR) is 99.1 cm³/mol. The quantitative estimate of drug-likeness (QED) is 0.526. The van der Waals surface area contributed by atoms with Crippen molar-refractivity contribution in [3.63, 3.8) is 0 Å². The van der Waals surface area contributed by atoms with Crippen molar-refractivity contribution in [2.45, 2.75) is 19.1 Å². The fourth-order valence-corrected chi connectivity index (χ4v) is 6.40. The van der Waals surface area contributed by atoms with E-state index in [0.29, 0.717) is 11.2 Å². The van der Waals surface area contributed by atoms with Gasteiger partial charge in [-0.25, -0.2) is 0 Å². The Morgan fingerprint density at radius 3 is 2.16 bits per heavy atom. The van der Waals surface area contributed by atoms with Crippen LogP contribution in [0.15, 0.2) is 88.9 Å². The van der Waals surface area contributed by atoms with Gasteiger partial charge >= 0.3 is 26.2 Å². The van der Waals surface area contributed by atoms with Crippen LogP contribution in [0, 0.1) is 5.92 Å². The normalized spacial score (nSPS) is 22.9. The van der Waals surface area contributed by atoms with E-state index in [9.17, 15) is 0 Å². The first-order chi connectivity index (χ1) is 10.8. The van der Waals surface area contributed by atoms with Gasteiger partial charge in [0.1, 0.15) is 0 Å². The number of benzene rings is 1. The molecule has 0 amide bonds. The maximum absolute atomic E-state index is 2.33. The van der Waals surface area contributed by atoms with Crippen LogP contribution in [0.25, 0.3) is 0 Å². The molecule has 0 aromatic heterocycles. The number of halogens is 2. The second kappa shape index (κ2) is 9.51. The summed E-state index contributed by atoms with van der Waals surface area (Å²) >= 11 is 0. The molecule has 0 radical (unpaired) electrons. The molecule has 0 spiro atoms. The molecule has 25 heavy (non-hydrogen) atoms. The molecule has 1 aromatic carbocycles. The van der Waals surface area contributed by atoms with Crippen molar-refractivity contribution in [1.82, 2.24) is 0 Å². The van der Waals surface area contributed by atoms with Crippen molar-refractivity contribution < 1.29 is 51.0 Å². The minimum Gasteiger partial charge on any atom is -1.00 e. The molecule has 4 heteroatoms. The van der Waals surface area contributed by atoms with Gasteiger partial charge in [0.25, 0.3) is 0 Å². The molecule has 128 valence electrons. The van der Waals surface area contributed by atoms with Crippen LogP contribution >= 0.6 is 10.5 Å². The topological polar surface area (TPSA) is 0 Å². The van der Waals surface area contributed by atoms with Gasteiger partial charge in [-0.3, -0.25) is 0 Å².